The number of hydrogen-bond donors (Lipinski definition) is 1. The smallest absolute Gasteiger partial charge is 0.160 e. The fraction of sp³-hybridized carbons (Fsp3) is 0.727. The van der Waals surface area contributed by atoms with Crippen LogP contribution in [0.3, 0.4) is 0 Å². The van der Waals surface area contributed by atoms with E-state index in [4.69, 9.17) is 0 Å². The highest BCUT2D eigenvalue weighted by atomic mass is 16.3. The SMILES string of the molecule is Cc1nn(CC(C)C)c(C(C)C)c1O. The zero-order chi connectivity index (χ0) is 10.9. The molecule has 0 unspecified atom stereocenters. The Labute approximate surface area is 85.8 Å². The molecule has 1 heterocycles. The summed E-state index contributed by atoms with van der Waals surface area (Å²) in [5, 5.41) is 14.2. The molecule has 0 amide bonds. The minimum Gasteiger partial charge on any atom is -0.504 e. The van der Waals surface area contributed by atoms with Crippen LogP contribution in [0.25, 0.3) is 0 Å². The van der Waals surface area contributed by atoms with Crippen LogP contribution in [0.15, 0.2) is 0 Å². The summed E-state index contributed by atoms with van der Waals surface area (Å²) >= 11 is 0. The van der Waals surface area contributed by atoms with Gasteiger partial charge in [-0.25, -0.2) is 0 Å². The standard InChI is InChI=1S/C11H20N2O/c1-7(2)6-13-10(8(3)4)11(14)9(5)12-13/h7-8,14H,6H2,1-5H3. The minimum absolute atomic E-state index is 0.315. The van der Waals surface area contributed by atoms with Crippen LogP contribution in [0.1, 0.15) is 45.0 Å². The van der Waals surface area contributed by atoms with Gasteiger partial charge in [0.25, 0.3) is 0 Å². The molecule has 0 aliphatic carbocycles. The molecule has 0 radical (unpaired) electrons. The van der Waals surface area contributed by atoms with Crippen molar-refractivity contribution < 1.29 is 5.11 Å². The number of aromatic hydroxyl groups is 1. The predicted molar refractivity (Wildman–Crippen MR) is 57.6 cm³/mol. The van der Waals surface area contributed by atoms with E-state index in [0.29, 0.717) is 17.6 Å². The van der Waals surface area contributed by atoms with Gasteiger partial charge in [0, 0.05) is 6.54 Å². The summed E-state index contributed by atoms with van der Waals surface area (Å²) < 4.78 is 1.93. The highest BCUT2D eigenvalue weighted by Gasteiger charge is 2.17. The third-order valence-corrected chi connectivity index (χ3v) is 2.22. The van der Waals surface area contributed by atoms with Gasteiger partial charge in [0.1, 0.15) is 5.69 Å². The van der Waals surface area contributed by atoms with Gasteiger partial charge in [-0.1, -0.05) is 27.7 Å². The molecule has 80 valence electrons. The Balaban J connectivity index is 3.09. The first-order chi connectivity index (χ1) is 6.43. The lowest BCUT2D eigenvalue weighted by Crippen LogP contribution is -2.10. The monoisotopic (exact) mass is 196 g/mol. The van der Waals surface area contributed by atoms with Gasteiger partial charge in [-0.15, -0.1) is 0 Å². The average Bonchev–Trinajstić information content (AvgIpc) is 2.26. The molecule has 0 bridgehead atoms. The van der Waals surface area contributed by atoms with Crippen LogP contribution in [0.4, 0.5) is 0 Å². The van der Waals surface area contributed by atoms with Crippen LogP contribution >= 0.6 is 0 Å². The third-order valence-electron chi connectivity index (χ3n) is 2.22. The van der Waals surface area contributed by atoms with E-state index in [1.165, 1.54) is 0 Å². The number of aryl methyl sites for hydroxylation is 1. The van der Waals surface area contributed by atoms with Crippen molar-refractivity contribution >= 4 is 0 Å². The second kappa shape index (κ2) is 4.03. The number of rotatable bonds is 3. The Hall–Kier alpha value is -0.990. The zero-order valence-corrected chi connectivity index (χ0v) is 9.70. The van der Waals surface area contributed by atoms with Crippen molar-refractivity contribution in [2.24, 2.45) is 5.92 Å². The predicted octanol–water partition coefficient (Wildman–Crippen LogP) is 2.68. The second-order valence-corrected chi connectivity index (χ2v) is 4.55. The molecule has 0 saturated heterocycles. The first-order valence-corrected chi connectivity index (χ1v) is 5.19. The van der Waals surface area contributed by atoms with Gasteiger partial charge in [0.2, 0.25) is 0 Å². The maximum absolute atomic E-state index is 9.82. The highest BCUT2D eigenvalue weighted by Crippen LogP contribution is 2.28. The van der Waals surface area contributed by atoms with Crippen LogP contribution in [-0.2, 0) is 6.54 Å². The molecule has 3 nitrogen and oxygen atoms in total. The number of nitrogens with zero attached hydrogens (tertiary/aromatic N) is 2. The van der Waals surface area contributed by atoms with E-state index in [1.54, 1.807) is 0 Å². The quantitative estimate of drug-likeness (QED) is 0.807. The van der Waals surface area contributed by atoms with Crippen LogP contribution in [-0.4, -0.2) is 14.9 Å². The molecular weight excluding hydrogens is 176 g/mol. The maximum Gasteiger partial charge on any atom is 0.160 e. The van der Waals surface area contributed by atoms with Gasteiger partial charge < -0.3 is 5.11 Å². The summed E-state index contributed by atoms with van der Waals surface area (Å²) in [4.78, 5) is 0. The van der Waals surface area contributed by atoms with E-state index in [9.17, 15) is 5.11 Å². The van der Waals surface area contributed by atoms with Crippen LogP contribution in [0.5, 0.6) is 5.75 Å². The van der Waals surface area contributed by atoms with Crippen molar-refractivity contribution in [3.8, 4) is 5.75 Å². The summed E-state index contributed by atoms with van der Waals surface area (Å²) in [7, 11) is 0. The molecule has 0 fully saturated rings. The Morgan fingerprint density at radius 2 is 1.86 bits per heavy atom. The molecule has 3 heteroatoms. The Kier molecular flexibility index (Phi) is 3.19. The normalized spacial score (nSPS) is 11.6. The molecular formula is C11H20N2O. The molecule has 1 aromatic rings. The van der Waals surface area contributed by atoms with Gasteiger partial charge in [-0.05, 0) is 18.8 Å². The van der Waals surface area contributed by atoms with E-state index in [1.807, 2.05) is 11.6 Å². The van der Waals surface area contributed by atoms with E-state index < -0.39 is 0 Å². The molecule has 0 aliphatic rings. The summed E-state index contributed by atoms with van der Waals surface area (Å²) in [5.41, 5.74) is 1.69. The first kappa shape index (κ1) is 11.1. The molecule has 0 spiro atoms. The third kappa shape index (κ3) is 2.08. The molecule has 1 aromatic heterocycles. The lowest BCUT2D eigenvalue weighted by molar-refractivity contribution is 0.436. The van der Waals surface area contributed by atoms with Gasteiger partial charge in [0.15, 0.2) is 5.75 Å². The molecule has 0 aromatic carbocycles. The molecule has 14 heavy (non-hydrogen) atoms. The molecule has 0 aliphatic heterocycles. The van der Waals surface area contributed by atoms with Gasteiger partial charge in [0.05, 0.1) is 5.69 Å². The van der Waals surface area contributed by atoms with Gasteiger partial charge >= 0.3 is 0 Å². The van der Waals surface area contributed by atoms with Gasteiger partial charge in [-0.2, -0.15) is 5.10 Å². The zero-order valence-electron chi connectivity index (χ0n) is 9.70. The molecule has 1 N–H and O–H groups in total. The van der Waals surface area contributed by atoms with E-state index in [0.717, 1.165) is 17.9 Å². The van der Waals surface area contributed by atoms with Crippen LogP contribution < -0.4 is 0 Å². The number of hydrogen-bond acceptors (Lipinski definition) is 2. The summed E-state index contributed by atoms with van der Waals surface area (Å²) in [6.45, 7) is 11.2. The molecule has 0 atom stereocenters. The van der Waals surface area contributed by atoms with Crippen molar-refractivity contribution in [2.45, 2.75) is 47.1 Å². The van der Waals surface area contributed by atoms with E-state index in [2.05, 4.69) is 32.8 Å². The lowest BCUT2D eigenvalue weighted by Gasteiger charge is -2.12. The van der Waals surface area contributed by atoms with Crippen molar-refractivity contribution in [1.82, 2.24) is 9.78 Å². The van der Waals surface area contributed by atoms with Crippen molar-refractivity contribution in [3.63, 3.8) is 0 Å². The Morgan fingerprint density at radius 3 is 2.29 bits per heavy atom. The molecule has 1 rings (SSSR count). The van der Waals surface area contributed by atoms with Crippen molar-refractivity contribution in [3.05, 3.63) is 11.4 Å². The Bertz CT molecular complexity index is 313. The maximum atomic E-state index is 9.82. The van der Waals surface area contributed by atoms with Crippen molar-refractivity contribution in [1.29, 1.82) is 0 Å². The van der Waals surface area contributed by atoms with Crippen LogP contribution in [0, 0.1) is 12.8 Å². The molecule has 0 saturated carbocycles. The number of aromatic nitrogens is 2. The van der Waals surface area contributed by atoms with Gasteiger partial charge in [-0.3, -0.25) is 4.68 Å². The topological polar surface area (TPSA) is 38.0 Å². The minimum atomic E-state index is 0.315. The summed E-state index contributed by atoms with van der Waals surface area (Å²) in [6.07, 6.45) is 0. The highest BCUT2D eigenvalue weighted by molar-refractivity contribution is 5.33. The van der Waals surface area contributed by atoms with Crippen molar-refractivity contribution in [2.75, 3.05) is 0 Å². The first-order valence-electron chi connectivity index (χ1n) is 5.19. The lowest BCUT2D eigenvalue weighted by atomic mass is 10.1. The Morgan fingerprint density at radius 1 is 1.29 bits per heavy atom. The fourth-order valence-corrected chi connectivity index (χ4v) is 1.65. The largest absolute Gasteiger partial charge is 0.504 e. The summed E-state index contributed by atoms with van der Waals surface area (Å²) in [5.74, 6) is 1.22. The van der Waals surface area contributed by atoms with E-state index >= 15 is 0 Å². The fourth-order valence-electron chi connectivity index (χ4n) is 1.65. The van der Waals surface area contributed by atoms with E-state index in [-0.39, 0.29) is 0 Å². The van der Waals surface area contributed by atoms with Crippen LogP contribution in [0.2, 0.25) is 0 Å². The average molecular weight is 196 g/mol. The second-order valence-electron chi connectivity index (χ2n) is 4.55. The summed E-state index contributed by atoms with van der Waals surface area (Å²) in [6, 6.07) is 0.